The fraction of sp³-hybridized carbons (Fsp3) is 0. The van der Waals surface area contributed by atoms with Crippen LogP contribution in [0.5, 0.6) is 5.75 Å². The smallest absolute Gasteiger partial charge is 0.139 e. The van der Waals surface area contributed by atoms with Gasteiger partial charge in [-0.1, -0.05) is 6.07 Å². The minimum atomic E-state index is 0.124. The third kappa shape index (κ3) is 1.36. The molecular weight excluding hydrogens is 164 g/mol. The summed E-state index contributed by atoms with van der Waals surface area (Å²) in [6.07, 6.45) is 3.70. The third-order valence-corrected chi connectivity index (χ3v) is 1.96. The molecule has 1 aromatic carbocycles. The van der Waals surface area contributed by atoms with Crippen molar-refractivity contribution in [3.8, 4) is 16.9 Å². The van der Waals surface area contributed by atoms with E-state index in [1.807, 2.05) is 24.5 Å². The molecule has 0 saturated heterocycles. The molecule has 0 spiro atoms. The van der Waals surface area contributed by atoms with Crippen molar-refractivity contribution in [1.82, 2.24) is 4.98 Å². The number of benzene rings is 1. The summed E-state index contributed by atoms with van der Waals surface area (Å²) in [6, 6.07) is 7.15. The lowest BCUT2D eigenvalue weighted by molar-refractivity contribution is 0.478. The maximum absolute atomic E-state index is 9.36. The van der Waals surface area contributed by atoms with Crippen molar-refractivity contribution in [3.05, 3.63) is 36.7 Å². The van der Waals surface area contributed by atoms with Crippen molar-refractivity contribution >= 4 is 5.69 Å². The second-order valence-electron chi connectivity index (χ2n) is 2.87. The van der Waals surface area contributed by atoms with Gasteiger partial charge in [-0.2, -0.15) is 0 Å². The number of aromatic amines is 1. The van der Waals surface area contributed by atoms with E-state index in [0.717, 1.165) is 11.1 Å². The molecule has 1 aromatic heterocycles. The van der Waals surface area contributed by atoms with Crippen LogP contribution in [0.4, 0.5) is 5.69 Å². The molecule has 0 unspecified atom stereocenters. The van der Waals surface area contributed by atoms with Crippen LogP contribution >= 0.6 is 0 Å². The Bertz CT molecular complexity index is 407. The van der Waals surface area contributed by atoms with E-state index in [0.29, 0.717) is 5.69 Å². The Morgan fingerprint density at radius 3 is 2.62 bits per heavy atom. The van der Waals surface area contributed by atoms with Crippen LogP contribution in [0.15, 0.2) is 36.7 Å². The van der Waals surface area contributed by atoms with Gasteiger partial charge in [-0.25, -0.2) is 0 Å². The fourth-order valence-electron chi connectivity index (χ4n) is 1.23. The Balaban J connectivity index is 2.49. The second kappa shape index (κ2) is 2.86. The van der Waals surface area contributed by atoms with Crippen molar-refractivity contribution in [1.29, 1.82) is 0 Å². The molecule has 13 heavy (non-hydrogen) atoms. The molecule has 0 aliphatic carbocycles. The number of nitrogens with two attached hydrogens (primary N) is 1. The predicted octanol–water partition coefficient (Wildman–Crippen LogP) is 1.97. The van der Waals surface area contributed by atoms with E-state index in [4.69, 9.17) is 5.73 Å². The Labute approximate surface area is 75.8 Å². The predicted molar refractivity (Wildman–Crippen MR) is 52.3 cm³/mol. The zero-order valence-electron chi connectivity index (χ0n) is 6.99. The van der Waals surface area contributed by atoms with Crippen LogP contribution in [-0.2, 0) is 0 Å². The summed E-state index contributed by atoms with van der Waals surface area (Å²) >= 11 is 0. The highest BCUT2D eigenvalue weighted by molar-refractivity contribution is 5.68. The van der Waals surface area contributed by atoms with Crippen LogP contribution in [0.25, 0.3) is 11.1 Å². The maximum Gasteiger partial charge on any atom is 0.139 e. The molecule has 0 fully saturated rings. The number of nitrogens with one attached hydrogen (secondary N) is 1. The van der Waals surface area contributed by atoms with Gasteiger partial charge in [0, 0.05) is 12.4 Å². The number of phenolic OH excluding ortho intramolecular Hbond substituents is 1. The van der Waals surface area contributed by atoms with E-state index in [1.165, 1.54) is 0 Å². The van der Waals surface area contributed by atoms with Gasteiger partial charge < -0.3 is 15.8 Å². The summed E-state index contributed by atoms with van der Waals surface area (Å²) in [5, 5.41) is 9.36. The average Bonchev–Trinajstić information content (AvgIpc) is 2.62. The van der Waals surface area contributed by atoms with Crippen molar-refractivity contribution in [3.63, 3.8) is 0 Å². The number of anilines is 1. The normalized spacial score (nSPS) is 10.2. The van der Waals surface area contributed by atoms with Gasteiger partial charge >= 0.3 is 0 Å². The van der Waals surface area contributed by atoms with Crippen LogP contribution < -0.4 is 5.73 Å². The summed E-state index contributed by atoms with van der Waals surface area (Å²) in [5.41, 5.74) is 7.88. The molecule has 4 N–H and O–H groups in total. The lowest BCUT2D eigenvalue weighted by Gasteiger charge is -2.01. The molecule has 0 atom stereocenters. The second-order valence-corrected chi connectivity index (χ2v) is 2.87. The summed E-state index contributed by atoms with van der Waals surface area (Å²) < 4.78 is 0. The summed E-state index contributed by atoms with van der Waals surface area (Å²) in [4.78, 5) is 2.95. The Morgan fingerprint density at radius 2 is 2.00 bits per heavy atom. The fourth-order valence-corrected chi connectivity index (χ4v) is 1.23. The van der Waals surface area contributed by atoms with Gasteiger partial charge in [0.25, 0.3) is 0 Å². The minimum Gasteiger partial charge on any atom is -0.506 e. The van der Waals surface area contributed by atoms with E-state index in [2.05, 4.69) is 4.98 Å². The van der Waals surface area contributed by atoms with E-state index < -0.39 is 0 Å². The number of rotatable bonds is 1. The molecule has 66 valence electrons. The number of H-pyrrole nitrogens is 1. The first-order valence-electron chi connectivity index (χ1n) is 3.99. The van der Waals surface area contributed by atoms with Crippen molar-refractivity contribution in [2.24, 2.45) is 0 Å². The van der Waals surface area contributed by atoms with Gasteiger partial charge in [0.15, 0.2) is 0 Å². The van der Waals surface area contributed by atoms with Gasteiger partial charge in [0.05, 0.1) is 5.69 Å². The highest BCUT2D eigenvalue weighted by Gasteiger charge is 2.01. The quantitative estimate of drug-likeness (QED) is 0.457. The molecule has 3 nitrogen and oxygen atoms in total. The largest absolute Gasteiger partial charge is 0.506 e. The van der Waals surface area contributed by atoms with Crippen LogP contribution in [-0.4, -0.2) is 10.1 Å². The number of nitrogen functional groups attached to an aromatic ring is 1. The molecule has 1 heterocycles. The first kappa shape index (κ1) is 7.73. The Hall–Kier alpha value is -1.90. The highest BCUT2D eigenvalue weighted by atomic mass is 16.3. The van der Waals surface area contributed by atoms with E-state index in [-0.39, 0.29) is 5.75 Å². The zero-order chi connectivity index (χ0) is 9.26. The molecule has 3 heteroatoms. The molecule has 0 aliphatic heterocycles. The number of hydrogen-bond acceptors (Lipinski definition) is 2. The number of hydrogen-bond donors (Lipinski definition) is 3. The van der Waals surface area contributed by atoms with Crippen LogP contribution in [0.3, 0.4) is 0 Å². The Morgan fingerprint density at radius 1 is 1.15 bits per heavy atom. The van der Waals surface area contributed by atoms with Crippen molar-refractivity contribution < 1.29 is 5.11 Å². The standard InChI is InChI=1S/C10H10N2O/c11-9-2-1-7(5-10(9)13)8-3-4-12-6-8/h1-6,12-13H,11H2. The lowest BCUT2D eigenvalue weighted by Crippen LogP contribution is -1.85. The van der Waals surface area contributed by atoms with Crippen molar-refractivity contribution in [2.75, 3.05) is 5.73 Å². The van der Waals surface area contributed by atoms with Gasteiger partial charge in [0.1, 0.15) is 5.75 Å². The zero-order valence-corrected chi connectivity index (χ0v) is 6.99. The summed E-state index contributed by atoms with van der Waals surface area (Å²) in [6.45, 7) is 0. The summed E-state index contributed by atoms with van der Waals surface area (Å²) in [5.74, 6) is 0.124. The van der Waals surface area contributed by atoms with Crippen LogP contribution in [0.2, 0.25) is 0 Å². The van der Waals surface area contributed by atoms with Crippen LogP contribution in [0.1, 0.15) is 0 Å². The molecule has 0 radical (unpaired) electrons. The molecule has 0 aliphatic rings. The Kier molecular flexibility index (Phi) is 1.70. The minimum absolute atomic E-state index is 0.124. The lowest BCUT2D eigenvalue weighted by atomic mass is 10.1. The van der Waals surface area contributed by atoms with Gasteiger partial charge in [0.2, 0.25) is 0 Å². The first-order chi connectivity index (χ1) is 6.27. The molecule has 2 rings (SSSR count). The number of aromatic nitrogens is 1. The van der Waals surface area contributed by atoms with E-state index in [1.54, 1.807) is 12.1 Å². The topological polar surface area (TPSA) is 62.0 Å². The average molecular weight is 174 g/mol. The highest BCUT2D eigenvalue weighted by Crippen LogP contribution is 2.27. The monoisotopic (exact) mass is 174 g/mol. The molecule has 0 saturated carbocycles. The van der Waals surface area contributed by atoms with Gasteiger partial charge in [-0.05, 0) is 29.3 Å². The first-order valence-corrected chi connectivity index (χ1v) is 3.99. The van der Waals surface area contributed by atoms with Crippen molar-refractivity contribution in [2.45, 2.75) is 0 Å². The SMILES string of the molecule is Nc1ccc(-c2cc[nH]c2)cc1O. The molecule has 0 bridgehead atoms. The van der Waals surface area contributed by atoms with Gasteiger partial charge in [-0.15, -0.1) is 0 Å². The molecule has 2 aromatic rings. The van der Waals surface area contributed by atoms with E-state index in [9.17, 15) is 5.11 Å². The van der Waals surface area contributed by atoms with Gasteiger partial charge in [-0.3, -0.25) is 0 Å². The van der Waals surface area contributed by atoms with Crippen LogP contribution in [0, 0.1) is 0 Å². The molecule has 0 amide bonds. The summed E-state index contributed by atoms with van der Waals surface area (Å²) in [7, 11) is 0. The maximum atomic E-state index is 9.36. The van der Waals surface area contributed by atoms with E-state index >= 15 is 0 Å². The number of phenols is 1. The third-order valence-electron chi connectivity index (χ3n) is 1.96. The molecular formula is C10H10N2O. The number of aromatic hydroxyl groups is 1.